The van der Waals surface area contributed by atoms with Crippen LogP contribution in [0.15, 0.2) is 48.5 Å². The number of hydrogen-bond acceptors (Lipinski definition) is 4. The molecule has 3 rings (SSSR count). The van der Waals surface area contributed by atoms with E-state index < -0.39 is 23.7 Å². The van der Waals surface area contributed by atoms with Crippen molar-refractivity contribution >= 4 is 11.6 Å². The van der Waals surface area contributed by atoms with Crippen LogP contribution in [0, 0.1) is 0 Å². The Balaban J connectivity index is 1.65. The Morgan fingerprint density at radius 3 is 2.65 bits per heavy atom. The third kappa shape index (κ3) is 4.14. The molecule has 1 amide bonds. The second-order valence-electron chi connectivity index (χ2n) is 5.97. The van der Waals surface area contributed by atoms with Gasteiger partial charge in [-0.1, -0.05) is 18.2 Å². The fourth-order valence-corrected chi connectivity index (χ4v) is 2.81. The number of anilines is 1. The molecule has 0 aliphatic carbocycles. The average molecular weight is 365 g/mol. The van der Waals surface area contributed by atoms with Crippen molar-refractivity contribution < 1.29 is 22.7 Å². The average Bonchev–Trinajstić information content (AvgIpc) is 3.11. The first kappa shape index (κ1) is 18.2. The Bertz CT molecular complexity index is 795. The maximum absolute atomic E-state index is 12.8. The van der Waals surface area contributed by atoms with E-state index in [9.17, 15) is 18.0 Å². The van der Waals surface area contributed by atoms with Gasteiger partial charge in [-0.3, -0.25) is 4.79 Å². The van der Waals surface area contributed by atoms with Crippen LogP contribution in [0.5, 0.6) is 5.75 Å². The second-order valence-corrected chi connectivity index (χ2v) is 5.97. The molecule has 0 aromatic heterocycles. The number of hydrogen-bond donors (Lipinski definition) is 3. The van der Waals surface area contributed by atoms with Crippen molar-refractivity contribution in [3.8, 4) is 5.75 Å². The van der Waals surface area contributed by atoms with E-state index in [1.165, 1.54) is 12.1 Å². The molecule has 2 unspecified atom stereocenters. The predicted octanol–water partition coefficient (Wildman–Crippen LogP) is 3.26. The molecule has 3 N–H and O–H groups in total. The molecule has 2 atom stereocenters. The zero-order valence-corrected chi connectivity index (χ0v) is 13.9. The van der Waals surface area contributed by atoms with Crippen molar-refractivity contribution in [1.82, 2.24) is 10.9 Å². The van der Waals surface area contributed by atoms with Crippen molar-refractivity contribution in [3.05, 3.63) is 59.7 Å². The monoisotopic (exact) mass is 365 g/mol. The molecule has 1 saturated heterocycles. The summed E-state index contributed by atoms with van der Waals surface area (Å²) in [4.78, 5) is 12.4. The summed E-state index contributed by atoms with van der Waals surface area (Å²) >= 11 is 0. The fourth-order valence-electron chi connectivity index (χ4n) is 2.81. The van der Waals surface area contributed by atoms with Gasteiger partial charge < -0.3 is 10.1 Å². The minimum Gasteiger partial charge on any atom is -0.497 e. The number of hydrazine groups is 1. The minimum atomic E-state index is -4.45. The topological polar surface area (TPSA) is 62.4 Å². The van der Waals surface area contributed by atoms with Crippen molar-refractivity contribution in [1.29, 1.82) is 0 Å². The Morgan fingerprint density at radius 2 is 1.92 bits per heavy atom. The highest BCUT2D eigenvalue weighted by molar-refractivity contribution is 5.95. The quantitative estimate of drug-likeness (QED) is 0.778. The smallest absolute Gasteiger partial charge is 0.416 e. The molecular weight excluding hydrogens is 347 g/mol. The van der Waals surface area contributed by atoms with Gasteiger partial charge in [0.05, 0.1) is 12.7 Å². The summed E-state index contributed by atoms with van der Waals surface area (Å²) in [6.07, 6.45) is -4.00. The number of rotatable bonds is 4. The van der Waals surface area contributed by atoms with E-state index in [0.29, 0.717) is 12.2 Å². The van der Waals surface area contributed by atoms with Crippen LogP contribution < -0.4 is 20.9 Å². The van der Waals surface area contributed by atoms with Crippen molar-refractivity contribution in [3.63, 3.8) is 0 Å². The molecule has 5 nitrogen and oxygen atoms in total. The number of amides is 1. The summed E-state index contributed by atoms with van der Waals surface area (Å²) in [5.41, 5.74) is 6.17. The number of nitrogens with one attached hydrogen (secondary N) is 3. The van der Waals surface area contributed by atoms with E-state index in [4.69, 9.17) is 4.74 Å². The second kappa shape index (κ2) is 7.35. The van der Waals surface area contributed by atoms with Gasteiger partial charge >= 0.3 is 6.18 Å². The summed E-state index contributed by atoms with van der Waals surface area (Å²) in [6.45, 7) is 0. The van der Waals surface area contributed by atoms with Crippen molar-refractivity contribution in [2.45, 2.75) is 24.7 Å². The molecule has 1 aliphatic rings. The summed E-state index contributed by atoms with van der Waals surface area (Å²) in [7, 11) is 1.57. The van der Waals surface area contributed by atoms with Gasteiger partial charge in [0.25, 0.3) is 0 Å². The molecule has 138 valence electrons. The van der Waals surface area contributed by atoms with E-state index in [-0.39, 0.29) is 11.7 Å². The van der Waals surface area contributed by atoms with Gasteiger partial charge in [0.1, 0.15) is 11.8 Å². The Morgan fingerprint density at radius 1 is 1.15 bits per heavy atom. The molecule has 2 aromatic rings. The third-order valence-electron chi connectivity index (χ3n) is 4.17. The van der Waals surface area contributed by atoms with E-state index in [0.717, 1.165) is 17.7 Å². The van der Waals surface area contributed by atoms with Gasteiger partial charge in [-0.25, -0.2) is 10.9 Å². The van der Waals surface area contributed by atoms with Crippen molar-refractivity contribution in [2.75, 3.05) is 12.4 Å². The number of halogens is 3. The maximum atomic E-state index is 12.8. The lowest BCUT2D eigenvalue weighted by atomic mass is 10.0. The number of methoxy groups -OCH3 is 1. The van der Waals surface area contributed by atoms with Crippen LogP contribution in [-0.2, 0) is 11.0 Å². The van der Waals surface area contributed by atoms with Gasteiger partial charge in [0.15, 0.2) is 0 Å². The summed E-state index contributed by atoms with van der Waals surface area (Å²) < 4.78 is 43.5. The third-order valence-corrected chi connectivity index (χ3v) is 4.17. The van der Waals surface area contributed by atoms with Crippen LogP contribution in [-0.4, -0.2) is 19.1 Å². The Hall–Kier alpha value is -2.58. The zero-order valence-electron chi connectivity index (χ0n) is 13.9. The first-order chi connectivity index (χ1) is 12.4. The number of carbonyl (C=O) groups excluding carboxylic acids is 1. The summed E-state index contributed by atoms with van der Waals surface area (Å²) in [5.74, 6) is 0.309. The number of carbonyl (C=O) groups is 1. The number of benzene rings is 2. The molecule has 0 spiro atoms. The molecule has 0 bridgehead atoms. The van der Waals surface area contributed by atoms with Gasteiger partial charge in [0, 0.05) is 11.7 Å². The largest absolute Gasteiger partial charge is 0.497 e. The molecule has 0 radical (unpaired) electrons. The lowest BCUT2D eigenvalue weighted by Crippen LogP contribution is -2.39. The van der Waals surface area contributed by atoms with E-state index >= 15 is 0 Å². The summed E-state index contributed by atoms with van der Waals surface area (Å²) in [6, 6.07) is 11.3. The van der Waals surface area contributed by atoms with Crippen LogP contribution in [0.3, 0.4) is 0 Å². The lowest BCUT2D eigenvalue weighted by molar-refractivity contribution is -0.137. The highest BCUT2D eigenvalue weighted by Crippen LogP contribution is 2.31. The van der Waals surface area contributed by atoms with Crippen molar-refractivity contribution in [2.24, 2.45) is 0 Å². The SMILES string of the molecule is COc1cccc(C2CC(C(=O)Nc3cccc(C(F)(F)F)c3)NN2)c1. The van der Waals surface area contributed by atoms with Gasteiger partial charge in [0.2, 0.25) is 5.91 Å². The van der Waals surface area contributed by atoms with E-state index in [1.54, 1.807) is 7.11 Å². The molecule has 0 saturated carbocycles. The lowest BCUT2D eigenvalue weighted by Gasteiger charge is -2.13. The fraction of sp³-hybridized carbons (Fsp3) is 0.278. The van der Waals surface area contributed by atoms with Crippen LogP contribution in [0.4, 0.5) is 18.9 Å². The molecule has 26 heavy (non-hydrogen) atoms. The van der Waals surface area contributed by atoms with Gasteiger partial charge in [-0.2, -0.15) is 13.2 Å². The molecule has 1 heterocycles. The minimum absolute atomic E-state index is 0.108. The first-order valence-electron chi connectivity index (χ1n) is 8.00. The first-order valence-corrected chi connectivity index (χ1v) is 8.00. The summed E-state index contributed by atoms with van der Waals surface area (Å²) in [5, 5.41) is 2.52. The highest BCUT2D eigenvalue weighted by Gasteiger charge is 2.32. The van der Waals surface area contributed by atoms with E-state index in [2.05, 4.69) is 16.2 Å². The normalized spacial score (nSPS) is 20.0. The molecule has 1 aliphatic heterocycles. The van der Waals surface area contributed by atoms with Crippen LogP contribution >= 0.6 is 0 Å². The molecule has 8 heteroatoms. The number of ether oxygens (including phenoxy) is 1. The highest BCUT2D eigenvalue weighted by atomic mass is 19.4. The van der Waals surface area contributed by atoms with Gasteiger partial charge in [-0.05, 0) is 42.3 Å². The Kier molecular flexibility index (Phi) is 5.15. The zero-order chi connectivity index (χ0) is 18.7. The number of alkyl halides is 3. The molecule has 1 fully saturated rings. The standard InChI is InChI=1S/C18H18F3N3O2/c1-26-14-7-2-4-11(8-14)15-10-16(24-23-15)17(25)22-13-6-3-5-12(9-13)18(19,20)21/h2-9,15-16,23-24H,10H2,1H3,(H,22,25). The maximum Gasteiger partial charge on any atom is 0.416 e. The van der Waals surface area contributed by atoms with Crippen LogP contribution in [0.25, 0.3) is 0 Å². The van der Waals surface area contributed by atoms with Gasteiger partial charge in [-0.15, -0.1) is 0 Å². The van der Waals surface area contributed by atoms with E-state index in [1.807, 2.05) is 24.3 Å². The Labute approximate surface area is 148 Å². The van der Waals surface area contributed by atoms with Crippen LogP contribution in [0.1, 0.15) is 23.6 Å². The van der Waals surface area contributed by atoms with Crippen LogP contribution in [0.2, 0.25) is 0 Å². The molecular formula is C18H18F3N3O2. The predicted molar refractivity (Wildman–Crippen MR) is 90.5 cm³/mol. The molecule has 2 aromatic carbocycles.